The molecule has 5 rings (SSSR count). The second kappa shape index (κ2) is 8.50. The van der Waals surface area contributed by atoms with Gasteiger partial charge in [-0.15, -0.1) is 0 Å². The van der Waals surface area contributed by atoms with Crippen LogP contribution in [0.1, 0.15) is 48.0 Å². The number of fused-ring (bicyclic) bond motifs is 1. The summed E-state index contributed by atoms with van der Waals surface area (Å²) >= 11 is 0. The SMILES string of the molecule is O=C(CCc1nc(-c2ncn[nH]2)no1)NC1CCCc2c1cnn2Cc1ccccc1. The molecule has 3 heterocycles. The van der Waals surface area contributed by atoms with Gasteiger partial charge in [-0.05, 0) is 24.8 Å². The lowest BCUT2D eigenvalue weighted by Crippen LogP contribution is -2.31. The maximum Gasteiger partial charge on any atom is 0.239 e. The molecule has 3 aromatic heterocycles. The molecule has 1 aliphatic rings. The Morgan fingerprint density at radius 3 is 3.03 bits per heavy atom. The highest BCUT2D eigenvalue weighted by atomic mass is 16.5. The third kappa shape index (κ3) is 4.23. The number of rotatable bonds is 7. The Labute approximate surface area is 178 Å². The number of carbonyl (C=O) groups is 1. The van der Waals surface area contributed by atoms with Crippen LogP contribution in [0.25, 0.3) is 11.6 Å². The maximum atomic E-state index is 12.6. The molecule has 10 heteroatoms. The van der Waals surface area contributed by atoms with Crippen molar-refractivity contribution in [2.75, 3.05) is 0 Å². The molecule has 10 nitrogen and oxygen atoms in total. The number of aromatic amines is 1. The summed E-state index contributed by atoms with van der Waals surface area (Å²) in [5, 5.41) is 18.0. The molecule has 2 N–H and O–H groups in total. The molecule has 0 aliphatic heterocycles. The molecule has 158 valence electrons. The Hall–Kier alpha value is -3.82. The summed E-state index contributed by atoms with van der Waals surface area (Å²) in [4.78, 5) is 20.8. The van der Waals surface area contributed by atoms with Crippen LogP contribution in [-0.4, -0.2) is 41.0 Å². The molecule has 1 atom stereocenters. The van der Waals surface area contributed by atoms with E-state index in [2.05, 4.69) is 47.9 Å². The monoisotopic (exact) mass is 418 g/mol. The summed E-state index contributed by atoms with van der Waals surface area (Å²) < 4.78 is 7.25. The van der Waals surface area contributed by atoms with E-state index in [0.29, 0.717) is 24.0 Å². The Morgan fingerprint density at radius 2 is 2.19 bits per heavy atom. The van der Waals surface area contributed by atoms with Crippen LogP contribution in [0.2, 0.25) is 0 Å². The predicted molar refractivity (Wildman–Crippen MR) is 110 cm³/mol. The predicted octanol–water partition coefficient (Wildman–Crippen LogP) is 2.23. The van der Waals surface area contributed by atoms with Gasteiger partial charge in [-0.25, -0.2) is 4.98 Å². The molecule has 4 aromatic rings. The van der Waals surface area contributed by atoms with Gasteiger partial charge in [0.15, 0.2) is 5.82 Å². The number of nitrogens with one attached hydrogen (secondary N) is 2. The number of hydrogen-bond acceptors (Lipinski definition) is 7. The van der Waals surface area contributed by atoms with Gasteiger partial charge in [0.05, 0.1) is 18.8 Å². The zero-order valence-corrected chi connectivity index (χ0v) is 16.9. The molecule has 0 saturated carbocycles. The van der Waals surface area contributed by atoms with Crippen LogP contribution in [0.4, 0.5) is 0 Å². The van der Waals surface area contributed by atoms with Crippen molar-refractivity contribution in [3.05, 3.63) is 65.6 Å². The van der Waals surface area contributed by atoms with Gasteiger partial charge in [-0.2, -0.15) is 15.2 Å². The zero-order valence-electron chi connectivity index (χ0n) is 16.9. The van der Waals surface area contributed by atoms with Crippen LogP contribution in [0, 0.1) is 0 Å². The van der Waals surface area contributed by atoms with Gasteiger partial charge in [0.25, 0.3) is 0 Å². The van der Waals surface area contributed by atoms with Crippen LogP contribution in [0.15, 0.2) is 47.4 Å². The number of H-pyrrole nitrogens is 1. The molecule has 1 aliphatic carbocycles. The van der Waals surface area contributed by atoms with Gasteiger partial charge < -0.3 is 9.84 Å². The van der Waals surface area contributed by atoms with Crippen molar-refractivity contribution in [2.24, 2.45) is 0 Å². The summed E-state index contributed by atoms with van der Waals surface area (Å²) in [5.74, 6) is 1.10. The Bertz CT molecular complexity index is 1150. The van der Waals surface area contributed by atoms with Crippen molar-refractivity contribution in [3.8, 4) is 11.6 Å². The van der Waals surface area contributed by atoms with Crippen LogP contribution in [0.3, 0.4) is 0 Å². The van der Waals surface area contributed by atoms with Crippen LogP contribution >= 0.6 is 0 Å². The first-order chi connectivity index (χ1) is 15.3. The number of nitrogens with zero attached hydrogens (tertiary/aromatic N) is 6. The summed E-state index contributed by atoms with van der Waals surface area (Å²) in [6, 6.07) is 10.3. The van der Waals surface area contributed by atoms with E-state index in [4.69, 9.17) is 4.52 Å². The smallest absolute Gasteiger partial charge is 0.239 e. The summed E-state index contributed by atoms with van der Waals surface area (Å²) in [6.07, 6.45) is 6.79. The van der Waals surface area contributed by atoms with Crippen LogP contribution < -0.4 is 5.32 Å². The molecule has 1 unspecified atom stereocenters. The van der Waals surface area contributed by atoms with Crippen molar-refractivity contribution in [3.63, 3.8) is 0 Å². The Balaban J connectivity index is 1.20. The quantitative estimate of drug-likeness (QED) is 0.471. The van der Waals surface area contributed by atoms with Crippen molar-refractivity contribution in [1.82, 2.24) is 40.4 Å². The maximum absolute atomic E-state index is 12.6. The molecule has 0 saturated heterocycles. The number of carbonyl (C=O) groups excluding carboxylic acids is 1. The number of hydrogen-bond donors (Lipinski definition) is 2. The second-order valence-corrected chi connectivity index (χ2v) is 7.55. The van der Waals surface area contributed by atoms with E-state index in [1.807, 2.05) is 29.1 Å². The van der Waals surface area contributed by atoms with E-state index >= 15 is 0 Å². The first-order valence-corrected chi connectivity index (χ1v) is 10.3. The van der Waals surface area contributed by atoms with Gasteiger partial charge in [-0.1, -0.05) is 35.5 Å². The zero-order chi connectivity index (χ0) is 21.0. The van der Waals surface area contributed by atoms with Crippen LogP contribution in [0.5, 0.6) is 0 Å². The molecule has 1 amide bonds. The highest BCUT2D eigenvalue weighted by Crippen LogP contribution is 2.30. The molecular weight excluding hydrogens is 396 g/mol. The molecule has 0 bridgehead atoms. The normalized spacial score (nSPS) is 15.5. The topological polar surface area (TPSA) is 127 Å². The fourth-order valence-electron chi connectivity index (χ4n) is 3.91. The van der Waals surface area contributed by atoms with Crippen molar-refractivity contribution >= 4 is 5.91 Å². The molecule has 0 radical (unpaired) electrons. The van der Waals surface area contributed by atoms with Crippen molar-refractivity contribution in [1.29, 1.82) is 0 Å². The summed E-state index contributed by atoms with van der Waals surface area (Å²) in [7, 11) is 0. The number of amides is 1. The standard InChI is InChI=1S/C21H22N8O2/c30-18(9-10-19-26-21(28-31-19)20-22-13-23-27-20)25-16-7-4-8-17-15(16)11-24-29(17)12-14-5-2-1-3-6-14/h1-3,5-6,11,13,16H,4,7-10,12H2,(H,25,30)(H,22,23,27). The second-order valence-electron chi connectivity index (χ2n) is 7.55. The Kier molecular flexibility index (Phi) is 5.26. The molecule has 0 spiro atoms. The molecular formula is C21H22N8O2. The first kappa shape index (κ1) is 19.2. The van der Waals surface area contributed by atoms with Crippen LogP contribution in [-0.2, 0) is 24.2 Å². The van der Waals surface area contributed by atoms with Gasteiger partial charge in [-0.3, -0.25) is 14.6 Å². The van der Waals surface area contributed by atoms with Crippen molar-refractivity contribution < 1.29 is 9.32 Å². The van der Waals surface area contributed by atoms with E-state index in [1.165, 1.54) is 17.6 Å². The fourth-order valence-corrected chi connectivity index (χ4v) is 3.91. The minimum Gasteiger partial charge on any atom is -0.349 e. The van der Waals surface area contributed by atoms with E-state index < -0.39 is 0 Å². The molecule has 31 heavy (non-hydrogen) atoms. The van der Waals surface area contributed by atoms with E-state index in [-0.39, 0.29) is 18.4 Å². The van der Waals surface area contributed by atoms with Gasteiger partial charge in [0.2, 0.25) is 17.6 Å². The number of benzene rings is 1. The van der Waals surface area contributed by atoms with E-state index in [0.717, 1.165) is 31.4 Å². The molecule has 1 aromatic carbocycles. The first-order valence-electron chi connectivity index (χ1n) is 10.3. The fraction of sp³-hybridized carbons (Fsp3) is 0.333. The van der Waals surface area contributed by atoms with E-state index in [1.54, 1.807) is 0 Å². The highest BCUT2D eigenvalue weighted by Gasteiger charge is 2.25. The lowest BCUT2D eigenvalue weighted by molar-refractivity contribution is -0.122. The minimum atomic E-state index is -0.0481. The number of aromatic nitrogens is 7. The minimum absolute atomic E-state index is 0.0202. The van der Waals surface area contributed by atoms with Gasteiger partial charge in [0, 0.05) is 24.1 Å². The third-order valence-electron chi connectivity index (χ3n) is 5.43. The summed E-state index contributed by atoms with van der Waals surface area (Å²) in [6.45, 7) is 0.738. The number of aryl methyl sites for hydroxylation is 1. The molecule has 0 fully saturated rings. The third-order valence-corrected chi connectivity index (χ3v) is 5.43. The average molecular weight is 418 g/mol. The highest BCUT2D eigenvalue weighted by molar-refractivity contribution is 5.76. The average Bonchev–Trinajstić information content (AvgIpc) is 3.55. The summed E-state index contributed by atoms with van der Waals surface area (Å²) in [5.41, 5.74) is 3.53. The van der Waals surface area contributed by atoms with Crippen molar-refractivity contribution in [2.45, 2.75) is 44.7 Å². The Morgan fingerprint density at radius 1 is 1.29 bits per heavy atom. The van der Waals surface area contributed by atoms with E-state index in [9.17, 15) is 4.79 Å². The van der Waals surface area contributed by atoms with Gasteiger partial charge >= 0.3 is 0 Å². The lowest BCUT2D eigenvalue weighted by atomic mass is 9.92. The lowest BCUT2D eigenvalue weighted by Gasteiger charge is -2.24. The van der Waals surface area contributed by atoms with Gasteiger partial charge in [0.1, 0.15) is 6.33 Å². The largest absolute Gasteiger partial charge is 0.349 e.